The monoisotopic (exact) mass is 334 g/mol. The van der Waals surface area contributed by atoms with Crippen molar-refractivity contribution in [1.82, 2.24) is 10.5 Å². The Morgan fingerprint density at radius 2 is 2.08 bits per heavy atom. The quantitative estimate of drug-likeness (QED) is 0.800. The van der Waals surface area contributed by atoms with E-state index in [2.05, 4.69) is 10.5 Å². The van der Waals surface area contributed by atoms with Gasteiger partial charge in [0.1, 0.15) is 17.3 Å². The number of aliphatic hydroxyl groups excluding tert-OH is 1. The van der Waals surface area contributed by atoms with Crippen LogP contribution in [0.4, 0.5) is 0 Å². The molecule has 130 valence electrons. The second kappa shape index (κ2) is 7.83. The van der Waals surface area contributed by atoms with Gasteiger partial charge in [0.2, 0.25) is 5.91 Å². The van der Waals surface area contributed by atoms with Gasteiger partial charge in [0.05, 0.1) is 32.4 Å². The number of aliphatic hydroxyl groups is 1. The van der Waals surface area contributed by atoms with E-state index in [1.807, 2.05) is 0 Å². The molecule has 24 heavy (non-hydrogen) atoms. The Morgan fingerprint density at radius 3 is 2.67 bits per heavy atom. The Balaban J connectivity index is 2.00. The zero-order valence-corrected chi connectivity index (χ0v) is 14.3. The second-order valence-electron chi connectivity index (χ2n) is 5.41. The molecule has 0 saturated carbocycles. The van der Waals surface area contributed by atoms with Crippen molar-refractivity contribution in [2.75, 3.05) is 20.8 Å². The molecule has 0 fully saturated rings. The van der Waals surface area contributed by atoms with Gasteiger partial charge in [-0.15, -0.1) is 0 Å². The number of methoxy groups -OCH3 is 2. The van der Waals surface area contributed by atoms with Crippen molar-refractivity contribution >= 4 is 5.91 Å². The van der Waals surface area contributed by atoms with E-state index < -0.39 is 6.10 Å². The van der Waals surface area contributed by atoms with Crippen molar-refractivity contribution in [2.24, 2.45) is 0 Å². The highest BCUT2D eigenvalue weighted by molar-refractivity contribution is 5.79. The first-order valence-corrected chi connectivity index (χ1v) is 7.54. The number of aryl methyl sites for hydroxylation is 2. The molecular weight excluding hydrogens is 312 g/mol. The fraction of sp³-hybridized carbons (Fsp3) is 0.412. The molecule has 0 radical (unpaired) electrons. The number of carbonyl (C=O) groups is 1. The van der Waals surface area contributed by atoms with Crippen molar-refractivity contribution < 1.29 is 23.9 Å². The summed E-state index contributed by atoms with van der Waals surface area (Å²) in [6, 6.07) is 5.14. The van der Waals surface area contributed by atoms with Gasteiger partial charge < -0.3 is 24.4 Å². The van der Waals surface area contributed by atoms with Crippen LogP contribution in [0.2, 0.25) is 0 Å². The molecule has 1 atom stereocenters. The molecule has 0 aliphatic carbocycles. The lowest BCUT2D eigenvalue weighted by Crippen LogP contribution is -2.30. The zero-order valence-electron chi connectivity index (χ0n) is 14.3. The highest BCUT2D eigenvalue weighted by Gasteiger charge is 2.17. The molecule has 2 aromatic rings. The molecule has 7 heteroatoms. The van der Waals surface area contributed by atoms with Crippen molar-refractivity contribution in [3.8, 4) is 11.5 Å². The number of aromatic nitrogens is 1. The first kappa shape index (κ1) is 17.8. The van der Waals surface area contributed by atoms with E-state index in [9.17, 15) is 9.90 Å². The third kappa shape index (κ3) is 4.05. The van der Waals surface area contributed by atoms with Crippen LogP contribution in [0.15, 0.2) is 22.7 Å². The predicted octanol–water partition coefficient (Wildman–Crippen LogP) is 1.70. The Bertz CT molecular complexity index is 692. The predicted molar refractivity (Wildman–Crippen MR) is 87.2 cm³/mol. The smallest absolute Gasteiger partial charge is 0.224 e. The van der Waals surface area contributed by atoms with Gasteiger partial charge in [0.15, 0.2) is 0 Å². The number of benzene rings is 1. The van der Waals surface area contributed by atoms with Gasteiger partial charge in [0.25, 0.3) is 0 Å². The van der Waals surface area contributed by atoms with Crippen LogP contribution in [0.3, 0.4) is 0 Å². The highest BCUT2D eigenvalue weighted by Crippen LogP contribution is 2.29. The van der Waals surface area contributed by atoms with E-state index in [1.54, 1.807) is 39.2 Å². The van der Waals surface area contributed by atoms with Gasteiger partial charge >= 0.3 is 0 Å². The Labute approximate surface area is 140 Å². The summed E-state index contributed by atoms with van der Waals surface area (Å²) in [4.78, 5) is 12.1. The average molecular weight is 334 g/mol. The fourth-order valence-corrected chi connectivity index (χ4v) is 2.40. The number of nitrogens with one attached hydrogen (secondary N) is 1. The topological polar surface area (TPSA) is 93.8 Å². The summed E-state index contributed by atoms with van der Waals surface area (Å²) < 4.78 is 15.4. The molecule has 2 N–H and O–H groups in total. The molecule has 0 aliphatic heterocycles. The number of carbonyl (C=O) groups excluding carboxylic acids is 1. The van der Waals surface area contributed by atoms with E-state index >= 15 is 0 Å². The first-order valence-electron chi connectivity index (χ1n) is 7.54. The third-order valence-electron chi connectivity index (χ3n) is 3.81. The lowest BCUT2D eigenvalue weighted by molar-refractivity contribution is -0.120. The Kier molecular flexibility index (Phi) is 5.81. The lowest BCUT2D eigenvalue weighted by atomic mass is 10.1. The third-order valence-corrected chi connectivity index (χ3v) is 3.81. The number of amides is 1. The van der Waals surface area contributed by atoms with Gasteiger partial charge in [-0.1, -0.05) is 5.16 Å². The summed E-state index contributed by atoms with van der Waals surface area (Å²) in [5.41, 5.74) is 2.01. The fourth-order valence-electron chi connectivity index (χ4n) is 2.40. The first-order chi connectivity index (χ1) is 11.5. The summed E-state index contributed by atoms with van der Waals surface area (Å²) in [6.07, 6.45) is -0.757. The number of nitrogens with zero attached hydrogens (tertiary/aromatic N) is 1. The summed E-state index contributed by atoms with van der Waals surface area (Å²) in [7, 11) is 3.07. The zero-order chi connectivity index (χ0) is 17.7. The lowest BCUT2D eigenvalue weighted by Gasteiger charge is -2.16. The number of hydrogen-bond acceptors (Lipinski definition) is 6. The van der Waals surface area contributed by atoms with Crippen LogP contribution in [0.5, 0.6) is 11.5 Å². The standard InChI is InChI=1S/C17H22N2O5/c1-10-13(11(2)24-19-10)8-17(21)18-9-15(20)14-7-12(22-3)5-6-16(14)23-4/h5-7,15,20H,8-9H2,1-4H3,(H,18,21). The molecule has 0 bridgehead atoms. The van der Waals surface area contributed by atoms with Crippen LogP contribution < -0.4 is 14.8 Å². The van der Waals surface area contributed by atoms with Crippen molar-refractivity contribution in [3.05, 3.63) is 40.8 Å². The normalized spacial score (nSPS) is 11.9. The maximum atomic E-state index is 12.1. The van der Waals surface area contributed by atoms with Crippen LogP contribution in [0, 0.1) is 13.8 Å². The molecule has 7 nitrogen and oxygen atoms in total. The minimum Gasteiger partial charge on any atom is -0.497 e. The van der Waals surface area contributed by atoms with Crippen LogP contribution in [-0.4, -0.2) is 36.9 Å². The minimum atomic E-state index is -0.913. The summed E-state index contributed by atoms with van der Waals surface area (Å²) >= 11 is 0. The molecule has 1 unspecified atom stereocenters. The van der Waals surface area contributed by atoms with E-state index in [1.165, 1.54) is 7.11 Å². The van der Waals surface area contributed by atoms with Crippen LogP contribution >= 0.6 is 0 Å². The van der Waals surface area contributed by atoms with Crippen molar-refractivity contribution in [1.29, 1.82) is 0 Å². The van der Waals surface area contributed by atoms with Gasteiger partial charge in [-0.05, 0) is 32.0 Å². The second-order valence-corrected chi connectivity index (χ2v) is 5.41. The molecule has 0 aliphatic rings. The number of ether oxygens (including phenoxy) is 2. The van der Waals surface area contributed by atoms with Gasteiger partial charge in [-0.3, -0.25) is 4.79 Å². The van der Waals surface area contributed by atoms with Crippen LogP contribution in [-0.2, 0) is 11.2 Å². The average Bonchev–Trinajstić information content (AvgIpc) is 2.90. The summed E-state index contributed by atoms with van der Waals surface area (Å²) in [6.45, 7) is 3.61. The SMILES string of the molecule is COc1ccc(OC)c(C(O)CNC(=O)Cc2c(C)noc2C)c1. The largest absolute Gasteiger partial charge is 0.497 e. The highest BCUT2D eigenvalue weighted by atomic mass is 16.5. The Morgan fingerprint density at radius 1 is 1.33 bits per heavy atom. The Hall–Kier alpha value is -2.54. The number of hydrogen-bond donors (Lipinski definition) is 2. The molecule has 1 amide bonds. The molecule has 2 rings (SSSR count). The molecule has 1 aromatic carbocycles. The molecule has 0 spiro atoms. The molecular formula is C17H22N2O5. The van der Waals surface area contributed by atoms with Crippen LogP contribution in [0.1, 0.15) is 28.7 Å². The molecule has 0 saturated heterocycles. The van der Waals surface area contributed by atoms with E-state index in [0.717, 1.165) is 5.56 Å². The summed E-state index contributed by atoms with van der Waals surface area (Å²) in [5.74, 6) is 1.54. The van der Waals surface area contributed by atoms with E-state index in [0.29, 0.717) is 28.5 Å². The van der Waals surface area contributed by atoms with Crippen LogP contribution in [0.25, 0.3) is 0 Å². The van der Waals surface area contributed by atoms with E-state index in [4.69, 9.17) is 14.0 Å². The molecule has 1 aromatic heterocycles. The van der Waals surface area contributed by atoms with Crippen molar-refractivity contribution in [2.45, 2.75) is 26.4 Å². The molecule has 1 heterocycles. The van der Waals surface area contributed by atoms with Gasteiger partial charge in [0, 0.05) is 17.7 Å². The van der Waals surface area contributed by atoms with E-state index in [-0.39, 0.29) is 18.9 Å². The minimum absolute atomic E-state index is 0.0612. The van der Waals surface area contributed by atoms with Gasteiger partial charge in [-0.2, -0.15) is 0 Å². The maximum Gasteiger partial charge on any atom is 0.224 e. The van der Waals surface area contributed by atoms with Crippen molar-refractivity contribution in [3.63, 3.8) is 0 Å². The summed E-state index contributed by atoms with van der Waals surface area (Å²) in [5, 5.41) is 16.9. The van der Waals surface area contributed by atoms with Gasteiger partial charge in [-0.25, -0.2) is 0 Å². The maximum absolute atomic E-state index is 12.1. The number of rotatable bonds is 7.